The number of hydrogen-bond donors (Lipinski definition) is 0. The van der Waals surface area contributed by atoms with Gasteiger partial charge in [0.1, 0.15) is 5.75 Å². The second-order valence-corrected chi connectivity index (χ2v) is 4.67. The molecule has 0 aromatic heterocycles. The quantitative estimate of drug-likeness (QED) is 0.745. The van der Waals surface area contributed by atoms with Gasteiger partial charge in [-0.05, 0) is 36.8 Å². The van der Waals surface area contributed by atoms with Gasteiger partial charge in [-0.1, -0.05) is 35.3 Å². The predicted molar refractivity (Wildman–Crippen MR) is 73.2 cm³/mol. The zero-order valence-electron chi connectivity index (χ0n) is 9.63. The van der Waals surface area contributed by atoms with Gasteiger partial charge in [0.25, 0.3) is 0 Å². The Balaban J connectivity index is 2.63. The monoisotopic (exact) mass is 266 g/mol. The molecule has 0 saturated heterocycles. The van der Waals surface area contributed by atoms with Crippen LogP contribution in [0.5, 0.6) is 5.75 Å². The third-order valence-electron chi connectivity index (χ3n) is 2.58. The fraction of sp³-hybridized carbons (Fsp3) is 0.143. The summed E-state index contributed by atoms with van der Waals surface area (Å²) in [6.45, 7) is 2.02. The van der Waals surface area contributed by atoms with Crippen LogP contribution in [0, 0.1) is 6.92 Å². The number of methoxy groups -OCH3 is 1. The summed E-state index contributed by atoms with van der Waals surface area (Å²) in [7, 11) is 1.65. The summed E-state index contributed by atoms with van der Waals surface area (Å²) in [5, 5.41) is 1.32. The van der Waals surface area contributed by atoms with E-state index in [2.05, 4.69) is 0 Å². The highest BCUT2D eigenvalue weighted by Gasteiger charge is 2.10. The van der Waals surface area contributed by atoms with Crippen LogP contribution in [0.2, 0.25) is 10.0 Å². The molecule has 0 fully saturated rings. The van der Waals surface area contributed by atoms with Gasteiger partial charge >= 0.3 is 0 Å². The molecular formula is C14H12Cl2O. The lowest BCUT2D eigenvalue weighted by atomic mass is 10.0. The molecule has 0 unspecified atom stereocenters. The van der Waals surface area contributed by atoms with Crippen LogP contribution in [-0.2, 0) is 0 Å². The van der Waals surface area contributed by atoms with Crippen molar-refractivity contribution in [2.24, 2.45) is 0 Å². The molecule has 0 atom stereocenters. The summed E-state index contributed by atoms with van der Waals surface area (Å²) in [4.78, 5) is 0. The zero-order chi connectivity index (χ0) is 12.4. The molecule has 2 aromatic carbocycles. The third kappa shape index (κ3) is 2.56. The van der Waals surface area contributed by atoms with Gasteiger partial charge in [0.05, 0.1) is 7.11 Å². The number of benzene rings is 2. The Bertz CT molecular complexity index is 550. The first-order chi connectivity index (χ1) is 8.11. The van der Waals surface area contributed by atoms with E-state index in [-0.39, 0.29) is 0 Å². The molecule has 2 rings (SSSR count). The van der Waals surface area contributed by atoms with Gasteiger partial charge < -0.3 is 4.74 Å². The SMILES string of the molecule is COc1cc(C)ccc1-c1cc(Cl)ccc1Cl. The van der Waals surface area contributed by atoms with Crippen molar-refractivity contribution in [1.82, 2.24) is 0 Å². The lowest BCUT2D eigenvalue weighted by Gasteiger charge is -2.11. The molecule has 0 N–H and O–H groups in total. The minimum absolute atomic E-state index is 0.659. The highest BCUT2D eigenvalue weighted by molar-refractivity contribution is 6.35. The molecule has 2 aromatic rings. The van der Waals surface area contributed by atoms with Crippen LogP contribution < -0.4 is 4.74 Å². The van der Waals surface area contributed by atoms with Crippen LogP contribution >= 0.6 is 23.2 Å². The van der Waals surface area contributed by atoms with E-state index < -0.39 is 0 Å². The Kier molecular flexibility index (Phi) is 3.60. The van der Waals surface area contributed by atoms with E-state index in [9.17, 15) is 0 Å². The number of rotatable bonds is 2. The maximum absolute atomic E-state index is 6.19. The summed E-state index contributed by atoms with van der Waals surface area (Å²) in [6.07, 6.45) is 0. The number of hydrogen-bond acceptors (Lipinski definition) is 1. The standard InChI is InChI=1S/C14H12Cl2O/c1-9-3-5-11(14(7-9)17-2)12-8-10(15)4-6-13(12)16/h3-8H,1-2H3. The van der Waals surface area contributed by atoms with Crippen molar-refractivity contribution in [3.8, 4) is 16.9 Å². The second kappa shape index (κ2) is 4.99. The van der Waals surface area contributed by atoms with Crippen LogP contribution in [0.25, 0.3) is 11.1 Å². The molecule has 0 amide bonds. The van der Waals surface area contributed by atoms with Crippen molar-refractivity contribution < 1.29 is 4.74 Å². The summed E-state index contributed by atoms with van der Waals surface area (Å²) >= 11 is 12.2. The minimum atomic E-state index is 0.659. The van der Waals surface area contributed by atoms with Crippen LogP contribution in [0.1, 0.15) is 5.56 Å². The van der Waals surface area contributed by atoms with Gasteiger partial charge in [-0.3, -0.25) is 0 Å². The zero-order valence-corrected chi connectivity index (χ0v) is 11.1. The number of halogens is 2. The van der Waals surface area contributed by atoms with E-state index in [0.717, 1.165) is 22.4 Å². The molecular weight excluding hydrogens is 255 g/mol. The topological polar surface area (TPSA) is 9.23 Å². The minimum Gasteiger partial charge on any atom is -0.496 e. The fourth-order valence-corrected chi connectivity index (χ4v) is 2.12. The molecule has 0 saturated carbocycles. The van der Waals surface area contributed by atoms with Crippen molar-refractivity contribution >= 4 is 23.2 Å². The van der Waals surface area contributed by atoms with Crippen molar-refractivity contribution in [3.05, 3.63) is 52.0 Å². The smallest absolute Gasteiger partial charge is 0.126 e. The van der Waals surface area contributed by atoms with Gasteiger partial charge in [0.2, 0.25) is 0 Å². The summed E-state index contributed by atoms with van der Waals surface area (Å²) in [5.74, 6) is 0.800. The Morgan fingerprint density at radius 3 is 2.41 bits per heavy atom. The Hall–Kier alpha value is -1.18. The van der Waals surface area contributed by atoms with Gasteiger partial charge in [0, 0.05) is 21.2 Å². The van der Waals surface area contributed by atoms with Gasteiger partial charge in [0.15, 0.2) is 0 Å². The summed E-state index contributed by atoms with van der Waals surface area (Å²) < 4.78 is 5.37. The summed E-state index contributed by atoms with van der Waals surface area (Å²) in [5.41, 5.74) is 2.98. The van der Waals surface area contributed by atoms with E-state index in [1.807, 2.05) is 31.2 Å². The molecule has 88 valence electrons. The molecule has 0 aliphatic carbocycles. The summed E-state index contributed by atoms with van der Waals surface area (Å²) in [6, 6.07) is 11.4. The van der Waals surface area contributed by atoms with Crippen LogP contribution in [0.15, 0.2) is 36.4 Å². The second-order valence-electron chi connectivity index (χ2n) is 3.83. The normalized spacial score (nSPS) is 10.4. The lowest BCUT2D eigenvalue weighted by molar-refractivity contribution is 0.416. The average Bonchev–Trinajstić information content (AvgIpc) is 2.32. The fourth-order valence-electron chi connectivity index (χ4n) is 1.72. The van der Waals surface area contributed by atoms with E-state index in [4.69, 9.17) is 27.9 Å². The highest BCUT2D eigenvalue weighted by atomic mass is 35.5. The highest BCUT2D eigenvalue weighted by Crippen LogP contribution is 2.36. The maximum Gasteiger partial charge on any atom is 0.126 e. The van der Waals surface area contributed by atoms with Gasteiger partial charge in [-0.2, -0.15) is 0 Å². The molecule has 0 heterocycles. The average molecular weight is 267 g/mol. The van der Waals surface area contributed by atoms with E-state index in [1.54, 1.807) is 19.2 Å². The molecule has 0 aliphatic rings. The Morgan fingerprint density at radius 1 is 0.941 bits per heavy atom. The molecule has 0 radical (unpaired) electrons. The van der Waals surface area contributed by atoms with Crippen LogP contribution in [0.4, 0.5) is 0 Å². The maximum atomic E-state index is 6.19. The largest absolute Gasteiger partial charge is 0.496 e. The lowest BCUT2D eigenvalue weighted by Crippen LogP contribution is -1.89. The molecule has 0 bridgehead atoms. The van der Waals surface area contributed by atoms with Crippen molar-refractivity contribution in [2.75, 3.05) is 7.11 Å². The first-order valence-electron chi connectivity index (χ1n) is 5.22. The van der Waals surface area contributed by atoms with E-state index in [1.165, 1.54) is 0 Å². The van der Waals surface area contributed by atoms with E-state index >= 15 is 0 Å². The molecule has 17 heavy (non-hydrogen) atoms. The Morgan fingerprint density at radius 2 is 1.71 bits per heavy atom. The molecule has 3 heteroatoms. The molecule has 0 spiro atoms. The van der Waals surface area contributed by atoms with Gasteiger partial charge in [-0.25, -0.2) is 0 Å². The number of aryl methyl sites for hydroxylation is 1. The molecule has 0 aliphatic heterocycles. The predicted octanol–water partition coefficient (Wildman–Crippen LogP) is 4.98. The van der Waals surface area contributed by atoms with Crippen LogP contribution in [-0.4, -0.2) is 7.11 Å². The Labute approximate surface area is 111 Å². The van der Waals surface area contributed by atoms with Gasteiger partial charge in [-0.15, -0.1) is 0 Å². The first kappa shape index (κ1) is 12.3. The van der Waals surface area contributed by atoms with Crippen LogP contribution in [0.3, 0.4) is 0 Å². The first-order valence-corrected chi connectivity index (χ1v) is 5.97. The number of ether oxygens (including phenoxy) is 1. The van der Waals surface area contributed by atoms with E-state index in [0.29, 0.717) is 10.0 Å². The third-order valence-corrected chi connectivity index (χ3v) is 3.14. The van der Waals surface area contributed by atoms with Crippen molar-refractivity contribution in [3.63, 3.8) is 0 Å². The van der Waals surface area contributed by atoms with Crippen molar-refractivity contribution in [2.45, 2.75) is 6.92 Å². The molecule has 1 nitrogen and oxygen atoms in total. The van der Waals surface area contributed by atoms with Crippen molar-refractivity contribution in [1.29, 1.82) is 0 Å².